The van der Waals surface area contributed by atoms with Crippen molar-refractivity contribution in [1.29, 1.82) is 0 Å². The molecule has 0 saturated heterocycles. The second-order valence-corrected chi connectivity index (χ2v) is 5.76. The van der Waals surface area contributed by atoms with E-state index in [0.29, 0.717) is 0 Å². The van der Waals surface area contributed by atoms with Gasteiger partial charge in [0.05, 0.1) is 5.75 Å². The molecule has 1 aromatic heterocycles. The van der Waals surface area contributed by atoms with Gasteiger partial charge in [0, 0.05) is 17.6 Å². The molecule has 0 amide bonds. The highest BCUT2D eigenvalue weighted by Crippen LogP contribution is 2.24. The Kier molecular flexibility index (Phi) is 5.44. The molecule has 0 spiro atoms. The van der Waals surface area contributed by atoms with Crippen molar-refractivity contribution in [3.05, 3.63) is 41.7 Å². The van der Waals surface area contributed by atoms with Gasteiger partial charge in [0.25, 0.3) is 0 Å². The van der Waals surface area contributed by atoms with Crippen LogP contribution in [0.2, 0.25) is 0 Å². The highest BCUT2D eigenvalue weighted by molar-refractivity contribution is 7.99. The third-order valence-electron chi connectivity index (χ3n) is 3.22. The molecule has 21 heavy (non-hydrogen) atoms. The number of hydrogen-bond acceptors (Lipinski definition) is 3. The van der Waals surface area contributed by atoms with Gasteiger partial charge in [0.15, 0.2) is 5.16 Å². The summed E-state index contributed by atoms with van der Waals surface area (Å²) in [7, 11) is 0. The zero-order valence-electron chi connectivity index (χ0n) is 12.4. The lowest BCUT2D eigenvalue weighted by molar-refractivity contribution is -0.133. The van der Waals surface area contributed by atoms with Gasteiger partial charge in [0.2, 0.25) is 0 Å². The van der Waals surface area contributed by atoms with E-state index in [1.165, 1.54) is 17.3 Å². The molecule has 0 aliphatic carbocycles. The van der Waals surface area contributed by atoms with Crippen molar-refractivity contribution in [2.45, 2.75) is 38.3 Å². The predicted octanol–water partition coefficient (Wildman–Crippen LogP) is 3.56. The molecular formula is C16H20N2O2S. The number of aliphatic carboxylic acids is 1. The largest absolute Gasteiger partial charge is 0.481 e. The fourth-order valence-electron chi connectivity index (χ4n) is 2.22. The van der Waals surface area contributed by atoms with E-state index < -0.39 is 5.97 Å². The summed E-state index contributed by atoms with van der Waals surface area (Å²) in [6.07, 6.45) is 4.89. The molecule has 0 aliphatic heterocycles. The summed E-state index contributed by atoms with van der Waals surface area (Å²) >= 11 is 1.25. The van der Waals surface area contributed by atoms with E-state index in [9.17, 15) is 4.79 Å². The molecule has 2 aromatic rings. The molecule has 1 N–H and O–H groups in total. The molecule has 2 rings (SSSR count). The molecule has 1 aromatic carbocycles. The van der Waals surface area contributed by atoms with E-state index in [1.807, 2.05) is 10.8 Å². The highest BCUT2D eigenvalue weighted by Gasteiger charge is 2.12. The van der Waals surface area contributed by atoms with Crippen LogP contribution in [0.4, 0.5) is 0 Å². The molecule has 4 nitrogen and oxygen atoms in total. The lowest BCUT2D eigenvalue weighted by atomic mass is 10.1. The number of nitrogens with zero attached hydrogens (tertiary/aromatic N) is 2. The molecule has 0 aliphatic rings. The van der Waals surface area contributed by atoms with Crippen LogP contribution in [-0.4, -0.2) is 26.4 Å². The lowest BCUT2D eigenvalue weighted by Gasteiger charge is -2.11. The van der Waals surface area contributed by atoms with Gasteiger partial charge in [-0.2, -0.15) is 0 Å². The first kappa shape index (κ1) is 15.6. The third kappa shape index (κ3) is 3.88. The SMILES string of the molecule is CCCc1ccc(-n2c(CC)cnc2SCC(=O)O)cc1. The Labute approximate surface area is 129 Å². The van der Waals surface area contributed by atoms with E-state index in [1.54, 1.807) is 0 Å². The summed E-state index contributed by atoms with van der Waals surface area (Å²) in [5.74, 6) is -0.806. The number of benzene rings is 1. The fraction of sp³-hybridized carbons (Fsp3) is 0.375. The second kappa shape index (κ2) is 7.31. The standard InChI is InChI=1S/C16H20N2O2S/c1-3-5-12-6-8-14(9-7-12)18-13(4-2)10-17-16(18)21-11-15(19)20/h6-10H,3-5,11H2,1-2H3,(H,19,20). The maximum absolute atomic E-state index is 10.8. The van der Waals surface area contributed by atoms with Crippen LogP contribution in [-0.2, 0) is 17.6 Å². The number of carbonyl (C=O) groups is 1. The van der Waals surface area contributed by atoms with Gasteiger partial charge in [-0.25, -0.2) is 4.98 Å². The van der Waals surface area contributed by atoms with Crippen molar-refractivity contribution in [2.75, 3.05) is 5.75 Å². The maximum Gasteiger partial charge on any atom is 0.313 e. The molecule has 0 fully saturated rings. The second-order valence-electron chi connectivity index (χ2n) is 4.82. The number of carboxylic acids is 1. The minimum absolute atomic E-state index is 0.0219. The summed E-state index contributed by atoms with van der Waals surface area (Å²) in [4.78, 5) is 15.1. The minimum Gasteiger partial charge on any atom is -0.481 e. The van der Waals surface area contributed by atoms with Crippen LogP contribution in [0, 0.1) is 0 Å². The van der Waals surface area contributed by atoms with E-state index >= 15 is 0 Å². The molecule has 0 radical (unpaired) electrons. The van der Waals surface area contributed by atoms with Crippen molar-refractivity contribution in [3.63, 3.8) is 0 Å². The number of hydrogen-bond donors (Lipinski definition) is 1. The van der Waals surface area contributed by atoms with E-state index in [0.717, 1.165) is 35.8 Å². The quantitative estimate of drug-likeness (QED) is 0.795. The zero-order chi connectivity index (χ0) is 15.2. The van der Waals surface area contributed by atoms with Crippen molar-refractivity contribution < 1.29 is 9.90 Å². The van der Waals surface area contributed by atoms with Crippen LogP contribution in [0.1, 0.15) is 31.5 Å². The molecule has 5 heteroatoms. The molecule has 0 unspecified atom stereocenters. The van der Waals surface area contributed by atoms with Crippen LogP contribution >= 0.6 is 11.8 Å². The van der Waals surface area contributed by atoms with Gasteiger partial charge >= 0.3 is 5.97 Å². The molecule has 0 saturated carbocycles. The Morgan fingerprint density at radius 2 is 2.00 bits per heavy atom. The van der Waals surface area contributed by atoms with Gasteiger partial charge in [-0.3, -0.25) is 9.36 Å². The summed E-state index contributed by atoms with van der Waals surface area (Å²) in [5, 5.41) is 9.57. The summed E-state index contributed by atoms with van der Waals surface area (Å²) in [6.45, 7) is 4.24. The van der Waals surface area contributed by atoms with Gasteiger partial charge in [-0.15, -0.1) is 0 Å². The van der Waals surface area contributed by atoms with Gasteiger partial charge in [-0.05, 0) is 30.5 Å². The van der Waals surface area contributed by atoms with Crippen LogP contribution in [0.25, 0.3) is 5.69 Å². The molecule has 112 valence electrons. The Hall–Kier alpha value is -1.75. The Morgan fingerprint density at radius 1 is 1.29 bits per heavy atom. The number of imidazole rings is 1. The summed E-state index contributed by atoms with van der Waals surface area (Å²) < 4.78 is 2.04. The molecule has 0 atom stereocenters. The van der Waals surface area contributed by atoms with E-state index in [2.05, 4.69) is 43.1 Å². The van der Waals surface area contributed by atoms with Crippen LogP contribution in [0.5, 0.6) is 0 Å². The average Bonchev–Trinajstić information content (AvgIpc) is 2.89. The summed E-state index contributed by atoms with van der Waals surface area (Å²) in [6, 6.07) is 8.42. The van der Waals surface area contributed by atoms with Gasteiger partial charge in [-0.1, -0.05) is 44.2 Å². The Morgan fingerprint density at radius 3 is 2.57 bits per heavy atom. The third-order valence-corrected chi connectivity index (χ3v) is 4.16. The monoisotopic (exact) mass is 304 g/mol. The van der Waals surface area contributed by atoms with Crippen LogP contribution in [0.15, 0.2) is 35.6 Å². The van der Waals surface area contributed by atoms with Crippen molar-refractivity contribution in [3.8, 4) is 5.69 Å². The number of aryl methyl sites for hydroxylation is 2. The first-order chi connectivity index (χ1) is 10.2. The minimum atomic E-state index is -0.828. The number of rotatable bonds is 7. The Bertz CT molecular complexity index is 605. The fourth-order valence-corrected chi connectivity index (χ4v) is 2.95. The van der Waals surface area contributed by atoms with Crippen LogP contribution in [0.3, 0.4) is 0 Å². The van der Waals surface area contributed by atoms with Crippen molar-refractivity contribution in [1.82, 2.24) is 9.55 Å². The van der Waals surface area contributed by atoms with Crippen LogP contribution < -0.4 is 0 Å². The van der Waals surface area contributed by atoms with Crippen molar-refractivity contribution >= 4 is 17.7 Å². The number of thioether (sulfide) groups is 1. The van der Waals surface area contributed by atoms with Crippen molar-refractivity contribution in [2.24, 2.45) is 0 Å². The highest BCUT2D eigenvalue weighted by atomic mass is 32.2. The zero-order valence-corrected chi connectivity index (χ0v) is 13.2. The normalized spacial score (nSPS) is 10.8. The maximum atomic E-state index is 10.8. The van der Waals surface area contributed by atoms with Gasteiger partial charge in [0.1, 0.15) is 0 Å². The topological polar surface area (TPSA) is 55.1 Å². The van der Waals surface area contributed by atoms with E-state index in [4.69, 9.17) is 5.11 Å². The molecule has 0 bridgehead atoms. The summed E-state index contributed by atoms with van der Waals surface area (Å²) in [5.41, 5.74) is 3.45. The Balaban J connectivity index is 2.31. The predicted molar refractivity (Wildman–Crippen MR) is 85.3 cm³/mol. The molecular weight excluding hydrogens is 284 g/mol. The number of carboxylic acid groups (broad SMARTS) is 1. The first-order valence-corrected chi connectivity index (χ1v) is 8.14. The average molecular weight is 304 g/mol. The van der Waals surface area contributed by atoms with E-state index in [-0.39, 0.29) is 5.75 Å². The van der Waals surface area contributed by atoms with Gasteiger partial charge < -0.3 is 5.11 Å². The first-order valence-electron chi connectivity index (χ1n) is 7.16. The lowest BCUT2D eigenvalue weighted by Crippen LogP contribution is -2.04. The number of aromatic nitrogens is 2. The molecule has 1 heterocycles. The smallest absolute Gasteiger partial charge is 0.313 e.